The number of nitrogens with zero attached hydrogens (tertiary/aromatic N) is 2. The van der Waals surface area contributed by atoms with E-state index in [1.54, 1.807) is 17.0 Å². The summed E-state index contributed by atoms with van der Waals surface area (Å²) in [5, 5.41) is 11.1. The van der Waals surface area contributed by atoms with Gasteiger partial charge in [0, 0.05) is 31.7 Å². The van der Waals surface area contributed by atoms with Gasteiger partial charge in [0.05, 0.1) is 24.8 Å². The third-order valence-corrected chi connectivity index (χ3v) is 6.24. The molecule has 1 N–H and O–H groups in total. The lowest BCUT2D eigenvalue weighted by atomic mass is 9.94. The van der Waals surface area contributed by atoms with Gasteiger partial charge in [0.25, 0.3) is 11.7 Å². The number of likely N-dealkylation sites (tertiary alicyclic amines) is 1. The summed E-state index contributed by atoms with van der Waals surface area (Å²) in [6.07, 6.45) is 0.750. The number of aryl methyl sites for hydroxylation is 2. The topological polar surface area (TPSA) is 70.1 Å². The van der Waals surface area contributed by atoms with E-state index in [1.165, 1.54) is 0 Å². The van der Waals surface area contributed by atoms with Crippen molar-refractivity contribution in [1.82, 2.24) is 9.80 Å². The number of aliphatic hydroxyl groups is 1. The summed E-state index contributed by atoms with van der Waals surface area (Å²) < 4.78 is 5.40. The van der Waals surface area contributed by atoms with E-state index in [1.807, 2.05) is 50.2 Å². The van der Waals surface area contributed by atoms with Crippen LogP contribution in [0.5, 0.6) is 0 Å². The molecule has 2 aliphatic heterocycles. The van der Waals surface area contributed by atoms with E-state index >= 15 is 0 Å². The fourth-order valence-corrected chi connectivity index (χ4v) is 4.36. The first kappa shape index (κ1) is 22.2. The summed E-state index contributed by atoms with van der Waals surface area (Å²) in [7, 11) is 0. The molecule has 0 unspecified atom stereocenters. The van der Waals surface area contributed by atoms with Crippen molar-refractivity contribution in [1.29, 1.82) is 0 Å². The minimum atomic E-state index is -0.625. The van der Waals surface area contributed by atoms with Crippen molar-refractivity contribution in [3.8, 4) is 0 Å². The van der Waals surface area contributed by atoms with Crippen LogP contribution in [0.15, 0.2) is 54.1 Å². The monoisotopic (exact) mass is 434 g/mol. The first-order valence-electron chi connectivity index (χ1n) is 11.2. The SMILES string of the molecule is Cc1ccc(C(O)=C2C(=O)C(=O)N(CCCN3CCOCC3)[C@@H]2c2ccc(C)cc2)cc1. The second-order valence-corrected chi connectivity index (χ2v) is 8.58. The van der Waals surface area contributed by atoms with Gasteiger partial charge in [-0.05, 0) is 25.8 Å². The number of carbonyl (C=O) groups is 2. The highest BCUT2D eigenvalue weighted by Gasteiger charge is 2.45. The summed E-state index contributed by atoms with van der Waals surface area (Å²) in [4.78, 5) is 30.0. The first-order chi connectivity index (χ1) is 15.5. The van der Waals surface area contributed by atoms with Gasteiger partial charge in [-0.1, -0.05) is 59.7 Å². The Bertz CT molecular complexity index is 1010. The maximum Gasteiger partial charge on any atom is 0.295 e. The summed E-state index contributed by atoms with van der Waals surface area (Å²) in [5.41, 5.74) is 3.68. The molecule has 1 atom stereocenters. The van der Waals surface area contributed by atoms with Gasteiger partial charge in [0.15, 0.2) is 0 Å². The number of carbonyl (C=O) groups excluding carboxylic acids is 2. The molecule has 0 saturated carbocycles. The number of Topliss-reactive ketones (excluding diaryl/α,β-unsaturated/α-hetero) is 1. The van der Waals surface area contributed by atoms with Crippen LogP contribution < -0.4 is 0 Å². The van der Waals surface area contributed by atoms with Crippen LogP contribution in [0.25, 0.3) is 5.76 Å². The lowest BCUT2D eigenvalue weighted by Gasteiger charge is -2.29. The van der Waals surface area contributed by atoms with Gasteiger partial charge in [-0.3, -0.25) is 14.5 Å². The fraction of sp³-hybridized carbons (Fsp3) is 0.385. The van der Waals surface area contributed by atoms with Crippen molar-refractivity contribution in [2.24, 2.45) is 0 Å². The van der Waals surface area contributed by atoms with Crippen LogP contribution in [0.4, 0.5) is 0 Å². The molecule has 0 bridgehead atoms. The van der Waals surface area contributed by atoms with E-state index < -0.39 is 17.7 Å². The standard InChI is InChI=1S/C26H30N2O4/c1-18-4-8-20(9-5-18)23-22(24(29)21-10-6-19(2)7-11-21)25(30)26(31)28(23)13-3-12-27-14-16-32-17-15-27/h4-11,23,29H,3,12-17H2,1-2H3/t23-/m1/s1. The van der Waals surface area contributed by atoms with Gasteiger partial charge >= 0.3 is 0 Å². The molecule has 2 saturated heterocycles. The van der Waals surface area contributed by atoms with E-state index in [-0.39, 0.29) is 11.3 Å². The molecule has 0 spiro atoms. The minimum Gasteiger partial charge on any atom is -0.507 e. The molecule has 0 aliphatic carbocycles. The number of aliphatic hydroxyl groups excluding tert-OH is 1. The van der Waals surface area contributed by atoms with Gasteiger partial charge in [-0.25, -0.2) is 0 Å². The zero-order chi connectivity index (χ0) is 22.7. The van der Waals surface area contributed by atoms with Crippen molar-refractivity contribution in [2.45, 2.75) is 26.3 Å². The number of morpholine rings is 1. The highest BCUT2D eigenvalue weighted by atomic mass is 16.5. The Balaban J connectivity index is 1.66. The Labute approximate surface area is 189 Å². The van der Waals surface area contributed by atoms with Gasteiger partial charge < -0.3 is 14.7 Å². The number of hydrogen-bond acceptors (Lipinski definition) is 5. The largest absolute Gasteiger partial charge is 0.507 e. The molecule has 2 aliphatic rings. The Kier molecular flexibility index (Phi) is 6.72. The molecule has 2 fully saturated rings. The van der Waals surface area contributed by atoms with Crippen LogP contribution in [0.3, 0.4) is 0 Å². The first-order valence-corrected chi connectivity index (χ1v) is 11.2. The van der Waals surface area contributed by atoms with Crippen LogP contribution in [-0.2, 0) is 14.3 Å². The smallest absolute Gasteiger partial charge is 0.295 e. The van der Waals surface area contributed by atoms with Crippen molar-refractivity contribution >= 4 is 17.4 Å². The van der Waals surface area contributed by atoms with Crippen LogP contribution in [0, 0.1) is 13.8 Å². The summed E-state index contributed by atoms with van der Waals surface area (Å²) in [6.45, 7) is 8.46. The molecule has 168 valence electrons. The molecule has 32 heavy (non-hydrogen) atoms. The average molecular weight is 435 g/mol. The second-order valence-electron chi connectivity index (χ2n) is 8.58. The predicted octanol–water partition coefficient (Wildman–Crippen LogP) is 3.45. The Morgan fingerprint density at radius 1 is 0.938 bits per heavy atom. The van der Waals surface area contributed by atoms with Crippen molar-refractivity contribution in [2.75, 3.05) is 39.4 Å². The predicted molar refractivity (Wildman–Crippen MR) is 123 cm³/mol. The molecular formula is C26H30N2O4. The second kappa shape index (κ2) is 9.67. The number of ketones is 1. The normalized spacial score (nSPS) is 21.3. The van der Waals surface area contributed by atoms with Gasteiger partial charge in [0.2, 0.25) is 0 Å². The van der Waals surface area contributed by atoms with Gasteiger partial charge in [-0.15, -0.1) is 0 Å². The molecule has 2 heterocycles. The Morgan fingerprint density at radius 2 is 1.53 bits per heavy atom. The van der Waals surface area contributed by atoms with E-state index in [0.717, 1.165) is 56.0 Å². The molecular weight excluding hydrogens is 404 g/mol. The lowest BCUT2D eigenvalue weighted by Crippen LogP contribution is -2.38. The summed E-state index contributed by atoms with van der Waals surface area (Å²) in [6, 6.07) is 14.5. The highest BCUT2D eigenvalue weighted by molar-refractivity contribution is 6.46. The maximum atomic E-state index is 13.1. The van der Waals surface area contributed by atoms with Crippen LogP contribution in [-0.4, -0.2) is 66.0 Å². The fourth-order valence-electron chi connectivity index (χ4n) is 4.36. The zero-order valence-electron chi connectivity index (χ0n) is 18.7. The average Bonchev–Trinajstić information content (AvgIpc) is 3.05. The van der Waals surface area contributed by atoms with Crippen molar-refractivity contribution in [3.63, 3.8) is 0 Å². The van der Waals surface area contributed by atoms with Gasteiger partial charge in [0.1, 0.15) is 5.76 Å². The molecule has 2 aromatic rings. The lowest BCUT2D eigenvalue weighted by molar-refractivity contribution is -0.140. The molecule has 0 radical (unpaired) electrons. The zero-order valence-corrected chi connectivity index (χ0v) is 18.7. The Morgan fingerprint density at radius 3 is 2.16 bits per heavy atom. The molecule has 6 heteroatoms. The number of ether oxygens (including phenoxy) is 1. The van der Waals surface area contributed by atoms with E-state index in [0.29, 0.717) is 12.1 Å². The highest BCUT2D eigenvalue weighted by Crippen LogP contribution is 2.39. The van der Waals surface area contributed by atoms with Crippen LogP contribution in [0.2, 0.25) is 0 Å². The third kappa shape index (κ3) is 4.61. The van der Waals surface area contributed by atoms with E-state index in [2.05, 4.69) is 4.90 Å². The van der Waals surface area contributed by atoms with Crippen LogP contribution in [0.1, 0.15) is 34.7 Å². The van der Waals surface area contributed by atoms with E-state index in [4.69, 9.17) is 4.74 Å². The molecule has 0 aromatic heterocycles. The number of hydrogen-bond donors (Lipinski definition) is 1. The molecule has 1 amide bonds. The molecule has 6 nitrogen and oxygen atoms in total. The maximum absolute atomic E-state index is 13.1. The van der Waals surface area contributed by atoms with Gasteiger partial charge in [-0.2, -0.15) is 0 Å². The number of benzene rings is 2. The number of amides is 1. The third-order valence-electron chi connectivity index (χ3n) is 6.24. The van der Waals surface area contributed by atoms with E-state index in [9.17, 15) is 14.7 Å². The molecule has 4 rings (SSSR count). The van der Waals surface area contributed by atoms with Crippen molar-refractivity contribution < 1.29 is 19.4 Å². The Hall–Kier alpha value is -2.96. The number of rotatable bonds is 6. The molecule has 2 aromatic carbocycles. The quantitative estimate of drug-likeness (QED) is 0.428. The summed E-state index contributed by atoms with van der Waals surface area (Å²) >= 11 is 0. The minimum absolute atomic E-state index is 0.121. The van der Waals surface area contributed by atoms with Crippen LogP contribution >= 0.6 is 0 Å². The van der Waals surface area contributed by atoms with Crippen molar-refractivity contribution in [3.05, 3.63) is 76.4 Å². The summed E-state index contributed by atoms with van der Waals surface area (Å²) in [5.74, 6) is -1.30.